The van der Waals surface area contributed by atoms with Crippen molar-refractivity contribution in [3.05, 3.63) is 130 Å². The number of aromatic nitrogens is 1. The third-order valence-electron chi connectivity index (χ3n) is 7.59. The quantitative estimate of drug-likeness (QED) is 0.236. The molecule has 0 aliphatic rings. The Bertz CT molecular complexity index is 1680. The Morgan fingerprint density at radius 1 is 0.872 bits per heavy atom. The molecule has 0 unspecified atom stereocenters. The van der Waals surface area contributed by atoms with Crippen LogP contribution in [0.25, 0.3) is 22.0 Å². The molecule has 0 aliphatic carbocycles. The highest BCUT2D eigenvalue weighted by molar-refractivity contribution is 5.99. The summed E-state index contributed by atoms with van der Waals surface area (Å²) in [6, 6.07) is 29.1. The molecule has 5 nitrogen and oxygen atoms in total. The van der Waals surface area contributed by atoms with E-state index in [1.165, 1.54) is 5.56 Å². The molecule has 0 spiro atoms. The van der Waals surface area contributed by atoms with Gasteiger partial charge in [-0.05, 0) is 79.8 Å². The van der Waals surface area contributed by atoms with Crippen LogP contribution in [0.5, 0.6) is 0 Å². The van der Waals surface area contributed by atoms with Crippen LogP contribution in [0.2, 0.25) is 0 Å². The number of aromatic carboxylic acids is 1. The number of fused-ring (bicyclic) bond motifs is 1. The third-order valence-corrected chi connectivity index (χ3v) is 7.59. The molecule has 1 aromatic heterocycles. The van der Waals surface area contributed by atoms with Gasteiger partial charge in [0.2, 0.25) is 0 Å². The molecule has 0 fully saturated rings. The lowest BCUT2D eigenvalue weighted by atomic mass is 9.99. The maximum atomic E-state index is 13.1. The minimum Gasteiger partial charge on any atom is -0.478 e. The van der Waals surface area contributed by atoms with Gasteiger partial charge in [0.05, 0.1) is 11.6 Å². The Labute approximate surface area is 228 Å². The minimum absolute atomic E-state index is 0.0907. The lowest BCUT2D eigenvalue weighted by Gasteiger charge is -2.15. The number of rotatable bonds is 7. The highest BCUT2D eigenvalue weighted by Crippen LogP contribution is 2.29. The molecule has 0 saturated carbocycles. The maximum Gasteiger partial charge on any atom is 0.336 e. The van der Waals surface area contributed by atoms with E-state index in [4.69, 9.17) is 0 Å². The largest absolute Gasteiger partial charge is 0.478 e. The second-order valence-electron chi connectivity index (χ2n) is 10.2. The molecule has 0 saturated heterocycles. The van der Waals surface area contributed by atoms with Gasteiger partial charge in [0.1, 0.15) is 0 Å². The topological polar surface area (TPSA) is 71.3 Å². The molecular formula is C34H32N2O3. The van der Waals surface area contributed by atoms with Crippen molar-refractivity contribution < 1.29 is 14.7 Å². The molecule has 5 aromatic rings. The standard InChI is InChI=1S/C34H32N2O3/c1-21-9-13-26(14-10-21)23(3)35-33(37)28-17-18-32-31(19-28)22(2)24(4)36(32)20-25-11-15-27(16-12-25)29-7-5-6-8-30(29)34(38)39/h5-19,23H,20H2,1-4H3,(H,35,37)(H,38,39)/t23-/m0/s1. The molecule has 2 N–H and O–H groups in total. The van der Waals surface area contributed by atoms with Crippen LogP contribution >= 0.6 is 0 Å². The van der Waals surface area contributed by atoms with Crippen molar-refractivity contribution in [1.82, 2.24) is 9.88 Å². The number of nitrogens with zero attached hydrogens (tertiary/aromatic N) is 1. The van der Waals surface area contributed by atoms with Gasteiger partial charge in [-0.3, -0.25) is 4.79 Å². The summed E-state index contributed by atoms with van der Waals surface area (Å²) in [5, 5.41) is 13.7. The number of benzene rings is 4. The zero-order valence-corrected chi connectivity index (χ0v) is 22.7. The van der Waals surface area contributed by atoms with Crippen molar-refractivity contribution in [3.63, 3.8) is 0 Å². The van der Waals surface area contributed by atoms with Crippen molar-refractivity contribution in [2.75, 3.05) is 0 Å². The van der Waals surface area contributed by atoms with Gasteiger partial charge in [0.25, 0.3) is 5.91 Å². The Balaban J connectivity index is 1.38. The van der Waals surface area contributed by atoms with E-state index >= 15 is 0 Å². The van der Waals surface area contributed by atoms with Gasteiger partial charge in [-0.1, -0.05) is 72.3 Å². The Morgan fingerprint density at radius 2 is 1.56 bits per heavy atom. The predicted molar refractivity (Wildman–Crippen MR) is 156 cm³/mol. The number of hydrogen-bond donors (Lipinski definition) is 2. The normalized spacial score (nSPS) is 11.9. The number of carboxylic acids is 1. The van der Waals surface area contributed by atoms with Gasteiger partial charge in [-0.15, -0.1) is 0 Å². The second kappa shape index (κ2) is 10.6. The van der Waals surface area contributed by atoms with E-state index in [-0.39, 0.29) is 11.9 Å². The van der Waals surface area contributed by atoms with Crippen LogP contribution in [0.15, 0.2) is 91.0 Å². The first-order valence-corrected chi connectivity index (χ1v) is 13.1. The van der Waals surface area contributed by atoms with E-state index in [9.17, 15) is 14.7 Å². The summed E-state index contributed by atoms with van der Waals surface area (Å²) < 4.78 is 2.27. The number of amides is 1. The summed E-state index contributed by atoms with van der Waals surface area (Å²) in [5.74, 6) is -1.02. The van der Waals surface area contributed by atoms with E-state index in [0.717, 1.165) is 38.9 Å². The van der Waals surface area contributed by atoms with Crippen molar-refractivity contribution in [3.8, 4) is 11.1 Å². The van der Waals surface area contributed by atoms with E-state index < -0.39 is 5.97 Å². The zero-order chi connectivity index (χ0) is 27.7. The highest BCUT2D eigenvalue weighted by atomic mass is 16.4. The first-order valence-electron chi connectivity index (χ1n) is 13.1. The molecule has 1 amide bonds. The van der Waals surface area contributed by atoms with Crippen LogP contribution in [-0.4, -0.2) is 21.6 Å². The second-order valence-corrected chi connectivity index (χ2v) is 10.2. The smallest absolute Gasteiger partial charge is 0.336 e. The molecule has 5 rings (SSSR count). The number of carbonyl (C=O) groups excluding carboxylic acids is 1. The molecule has 0 bridgehead atoms. The lowest BCUT2D eigenvalue weighted by molar-refractivity contribution is 0.0697. The number of nitrogens with one attached hydrogen (secondary N) is 1. The van der Waals surface area contributed by atoms with Gasteiger partial charge < -0.3 is 15.0 Å². The van der Waals surface area contributed by atoms with Gasteiger partial charge in [-0.25, -0.2) is 4.79 Å². The molecule has 4 aromatic carbocycles. The SMILES string of the molecule is Cc1ccc([C@H](C)NC(=O)c2ccc3c(c2)c(C)c(C)n3Cc2ccc(-c3ccccc3C(=O)O)cc2)cc1. The molecule has 39 heavy (non-hydrogen) atoms. The average molecular weight is 517 g/mol. The summed E-state index contributed by atoms with van der Waals surface area (Å²) in [6.07, 6.45) is 0. The fourth-order valence-corrected chi connectivity index (χ4v) is 5.11. The molecule has 1 heterocycles. The summed E-state index contributed by atoms with van der Waals surface area (Å²) in [5.41, 5.74) is 9.27. The Hall–Kier alpha value is -4.64. The predicted octanol–water partition coefficient (Wildman–Crippen LogP) is 7.47. The Kier molecular flexibility index (Phi) is 7.07. The number of carboxylic acid groups (broad SMARTS) is 1. The number of carbonyl (C=O) groups is 2. The first-order chi connectivity index (χ1) is 18.7. The summed E-state index contributed by atoms with van der Waals surface area (Å²) in [7, 11) is 0. The van der Waals surface area contributed by atoms with Gasteiger partial charge >= 0.3 is 5.97 Å². The molecule has 0 aliphatic heterocycles. The molecule has 1 atom stereocenters. The first kappa shape index (κ1) is 26.0. The van der Waals surface area contributed by atoms with Gasteiger partial charge in [-0.2, -0.15) is 0 Å². The molecule has 5 heteroatoms. The lowest BCUT2D eigenvalue weighted by Crippen LogP contribution is -2.26. The monoisotopic (exact) mass is 516 g/mol. The van der Waals surface area contributed by atoms with E-state index in [2.05, 4.69) is 54.9 Å². The number of hydrogen-bond acceptors (Lipinski definition) is 2. The minimum atomic E-state index is -0.933. The van der Waals surface area contributed by atoms with Crippen LogP contribution in [0.4, 0.5) is 0 Å². The summed E-state index contributed by atoms with van der Waals surface area (Å²) in [4.78, 5) is 24.7. The van der Waals surface area contributed by atoms with Crippen LogP contribution in [0, 0.1) is 20.8 Å². The zero-order valence-electron chi connectivity index (χ0n) is 22.7. The van der Waals surface area contributed by atoms with Crippen molar-refractivity contribution in [1.29, 1.82) is 0 Å². The highest BCUT2D eigenvalue weighted by Gasteiger charge is 2.17. The number of aryl methyl sites for hydroxylation is 2. The average Bonchev–Trinajstić information content (AvgIpc) is 3.18. The molecule has 0 radical (unpaired) electrons. The van der Waals surface area contributed by atoms with E-state index in [0.29, 0.717) is 23.2 Å². The van der Waals surface area contributed by atoms with Crippen molar-refractivity contribution in [2.45, 2.75) is 40.3 Å². The van der Waals surface area contributed by atoms with E-state index in [1.807, 2.05) is 61.5 Å². The van der Waals surface area contributed by atoms with Crippen LogP contribution in [-0.2, 0) is 6.54 Å². The van der Waals surface area contributed by atoms with Crippen LogP contribution < -0.4 is 5.32 Å². The summed E-state index contributed by atoms with van der Waals surface area (Å²) >= 11 is 0. The summed E-state index contributed by atoms with van der Waals surface area (Å²) in [6.45, 7) is 8.92. The van der Waals surface area contributed by atoms with Gasteiger partial charge in [0, 0.05) is 28.7 Å². The fourth-order valence-electron chi connectivity index (χ4n) is 5.11. The van der Waals surface area contributed by atoms with E-state index in [1.54, 1.807) is 12.1 Å². The fraction of sp³-hybridized carbons (Fsp3) is 0.176. The maximum absolute atomic E-state index is 13.1. The van der Waals surface area contributed by atoms with Crippen LogP contribution in [0.1, 0.15) is 61.6 Å². The van der Waals surface area contributed by atoms with Gasteiger partial charge in [0.15, 0.2) is 0 Å². The van der Waals surface area contributed by atoms with Crippen LogP contribution in [0.3, 0.4) is 0 Å². The third kappa shape index (κ3) is 5.21. The molecule has 196 valence electrons. The Morgan fingerprint density at radius 3 is 2.26 bits per heavy atom. The van der Waals surface area contributed by atoms with Crippen molar-refractivity contribution in [2.24, 2.45) is 0 Å². The molecular weight excluding hydrogens is 484 g/mol. The van der Waals surface area contributed by atoms with Crippen molar-refractivity contribution >= 4 is 22.8 Å².